The molecule has 1 aromatic heterocycles. The molecule has 2 aromatic rings. The molecule has 1 amide bonds. The van der Waals surface area contributed by atoms with E-state index in [0.717, 1.165) is 24.7 Å². The van der Waals surface area contributed by atoms with E-state index in [1.54, 1.807) is 19.2 Å². The SMILES string of the molecule is COc1ccccc1OCC(=O)NCCNc1cc(N2CCOCC2)nc(C)n1. The summed E-state index contributed by atoms with van der Waals surface area (Å²) < 4.78 is 16.1. The summed E-state index contributed by atoms with van der Waals surface area (Å²) in [5.41, 5.74) is 0. The normalized spacial score (nSPS) is 13.7. The highest BCUT2D eigenvalue weighted by molar-refractivity contribution is 5.77. The number of nitrogens with one attached hydrogen (secondary N) is 2. The van der Waals surface area contributed by atoms with Crippen LogP contribution in [0, 0.1) is 6.92 Å². The van der Waals surface area contributed by atoms with Crippen molar-refractivity contribution in [3.05, 3.63) is 36.2 Å². The molecule has 9 heteroatoms. The van der Waals surface area contributed by atoms with Crippen LogP contribution in [0.25, 0.3) is 0 Å². The van der Waals surface area contributed by atoms with Gasteiger partial charge in [-0.25, -0.2) is 9.97 Å². The molecule has 0 radical (unpaired) electrons. The number of carbonyl (C=O) groups excluding carboxylic acids is 1. The first kappa shape index (κ1) is 20.7. The molecule has 29 heavy (non-hydrogen) atoms. The van der Waals surface area contributed by atoms with E-state index in [0.29, 0.717) is 43.6 Å². The van der Waals surface area contributed by atoms with Crippen molar-refractivity contribution in [1.82, 2.24) is 15.3 Å². The van der Waals surface area contributed by atoms with Crippen molar-refractivity contribution in [2.75, 3.05) is 63.3 Å². The molecule has 2 heterocycles. The minimum atomic E-state index is -0.203. The monoisotopic (exact) mass is 401 g/mol. The van der Waals surface area contributed by atoms with Crippen LogP contribution in [0.2, 0.25) is 0 Å². The average molecular weight is 401 g/mol. The first-order chi connectivity index (χ1) is 14.2. The topological polar surface area (TPSA) is 97.8 Å². The number of aryl methyl sites for hydroxylation is 1. The van der Waals surface area contributed by atoms with Gasteiger partial charge >= 0.3 is 0 Å². The molecule has 0 atom stereocenters. The molecule has 1 aliphatic heterocycles. The third-order valence-electron chi connectivity index (χ3n) is 4.34. The fourth-order valence-electron chi connectivity index (χ4n) is 2.92. The number of anilines is 2. The number of ether oxygens (including phenoxy) is 3. The third-order valence-corrected chi connectivity index (χ3v) is 4.34. The second-order valence-electron chi connectivity index (χ2n) is 6.47. The fraction of sp³-hybridized carbons (Fsp3) is 0.450. The number of amides is 1. The smallest absolute Gasteiger partial charge is 0.258 e. The van der Waals surface area contributed by atoms with Crippen LogP contribution < -0.4 is 25.0 Å². The number of rotatable bonds is 9. The molecule has 0 unspecified atom stereocenters. The van der Waals surface area contributed by atoms with Crippen molar-refractivity contribution >= 4 is 17.5 Å². The van der Waals surface area contributed by atoms with Gasteiger partial charge in [-0.1, -0.05) is 12.1 Å². The van der Waals surface area contributed by atoms with Gasteiger partial charge < -0.3 is 29.7 Å². The Balaban J connectivity index is 1.42. The molecule has 2 N–H and O–H groups in total. The lowest BCUT2D eigenvalue weighted by molar-refractivity contribution is -0.123. The van der Waals surface area contributed by atoms with E-state index in [4.69, 9.17) is 14.2 Å². The summed E-state index contributed by atoms with van der Waals surface area (Å²) in [5.74, 6) is 3.25. The predicted molar refractivity (Wildman–Crippen MR) is 110 cm³/mol. The maximum Gasteiger partial charge on any atom is 0.258 e. The van der Waals surface area contributed by atoms with E-state index in [2.05, 4.69) is 25.5 Å². The zero-order valence-electron chi connectivity index (χ0n) is 16.8. The molecular weight excluding hydrogens is 374 g/mol. The minimum absolute atomic E-state index is 0.0752. The minimum Gasteiger partial charge on any atom is -0.493 e. The maximum absolute atomic E-state index is 12.0. The van der Waals surface area contributed by atoms with Gasteiger partial charge in [-0.3, -0.25) is 4.79 Å². The van der Waals surface area contributed by atoms with Crippen molar-refractivity contribution in [2.24, 2.45) is 0 Å². The number of morpholine rings is 1. The first-order valence-corrected chi connectivity index (χ1v) is 9.60. The predicted octanol–water partition coefficient (Wildman–Crippen LogP) is 1.24. The standard InChI is InChI=1S/C20H27N5O4/c1-15-23-18(13-19(24-15)25-9-11-28-12-10-25)21-7-8-22-20(26)14-29-17-6-4-3-5-16(17)27-2/h3-6,13H,7-12,14H2,1-2H3,(H,22,26)(H,21,23,24). The highest BCUT2D eigenvalue weighted by atomic mass is 16.5. The van der Waals surface area contributed by atoms with Crippen molar-refractivity contribution in [3.8, 4) is 11.5 Å². The number of methoxy groups -OCH3 is 1. The van der Waals surface area contributed by atoms with Crippen LogP contribution in [0.4, 0.5) is 11.6 Å². The Labute approximate surface area is 170 Å². The molecule has 9 nitrogen and oxygen atoms in total. The zero-order valence-corrected chi connectivity index (χ0v) is 16.8. The second-order valence-corrected chi connectivity index (χ2v) is 6.47. The van der Waals surface area contributed by atoms with Gasteiger partial charge in [0.2, 0.25) is 0 Å². The van der Waals surface area contributed by atoms with Gasteiger partial charge in [-0.15, -0.1) is 0 Å². The number of aromatic nitrogens is 2. The Kier molecular flexibility index (Phi) is 7.46. The van der Waals surface area contributed by atoms with Gasteiger partial charge in [0.05, 0.1) is 20.3 Å². The Hall–Kier alpha value is -3.07. The molecular formula is C20H27N5O4. The number of hydrogen-bond donors (Lipinski definition) is 2. The Morgan fingerprint density at radius 1 is 1.17 bits per heavy atom. The summed E-state index contributed by atoms with van der Waals surface area (Å²) in [5, 5.41) is 6.04. The number of nitrogens with zero attached hydrogens (tertiary/aromatic N) is 3. The van der Waals surface area contributed by atoms with E-state index in [-0.39, 0.29) is 12.5 Å². The third kappa shape index (κ3) is 6.21. The summed E-state index contributed by atoms with van der Waals surface area (Å²) in [6, 6.07) is 9.14. The Bertz CT molecular complexity index is 811. The van der Waals surface area contributed by atoms with Crippen molar-refractivity contribution in [2.45, 2.75) is 6.92 Å². The lowest BCUT2D eigenvalue weighted by Gasteiger charge is -2.28. The zero-order chi connectivity index (χ0) is 20.5. The van der Waals surface area contributed by atoms with Crippen molar-refractivity contribution in [3.63, 3.8) is 0 Å². The first-order valence-electron chi connectivity index (χ1n) is 9.60. The summed E-state index contributed by atoms with van der Waals surface area (Å²) in [7, 11) is 1.56. The molecule has 156 valence electrons. The van der Waals surface area contributed by atoms with Gasteiger partial charge in [-0.05, 0) is 19.1 Å². The van der Waals surface area contributed by atoms with E-state index in [1.165, 1.54) is 0 Å². The van der Waals surface area contributed by atoms with Gasteiger partial charge in [0.25, 0.3) is 5.91 Å². The quantitative estimate of drug-likeness (QED) is 0.606. The van der Waals surface area contributed by atoms with Crippen molar-refractivity contribution < 1.29 is 19.0 Å². The number of benzene rings is 1. The molecule has 1 fully saturated rings. The Morgan fingerprint density at radius 3 is 2.69 bits per heavy atom. The molecule has 0 aliphatic carbocycles. The highest BCUT2D eigenvalue weighted by Crippen LogP contribution is 2.25. The van der Waals surface area contributed by atoms with Crippen LogP contribution in [0.3, 0.4) is 0 Å². The van der Waals surface area contributed by atoms with Crippen LogP contribution >= 0.6 is 0 Å². The average Bonchev–Trinajstić information content (AvgIpc) is 2.75. The summed E-state index contributed by atoms with van der Waals surface area (Å²) in [6.07, 6.45) is 0. The van der Waals surface area contributed by atoms with Crippen molar-refractivity contribution in [1.29, 1.82) is 0 Å². The molecule has 0 saturated carbocycles. The second kappa shape index (κ2) is 10.5. The molecule has 1 aliphatic rings. The molecule has 3 rings (SSSR count). The summed E-state index contributed by atoms with van der Waals surface area (Å²) >= 11 is 0. The van der Waals surface area contributed by atoms with Crippen LogP contribution in [0.15, 0.2) is 30.3 Å². The van der Waals surface area contributed by atoms with E-state index in [9.17, 15) is 4.79 Å². The van der Waals surface area contributed by atoms with Crippen LogP contribution in [0.1, 0.15) is 5.82 Å². The molecule has 0 bridgehead atoms. The van der Waals surface area contributed by atoms with Crippen LogP contribution in [0.5, 0.6) is 11.5 Å². The Morgan fingerprint density at radius 2 is 1.93 bits per heavy atom. The lowest BCUT2D eigenvalue weighted by atomic mass is 10.3. The highest BCUT2D eigenvalue weighted by Gasteiger charge is 2.14. The number of hydrogen-bond acceptors (Lipinski definition) is 8. The molecule has 0 spiro atoms. The van der Waals surface area contributed by atoms with Crippen LogP contribution in [-0.4, -0.2) is 69.0 Å². The largest absolute Gasteiger partial charge is 0.493 e. The van der Waals surface area contributed by atoms with Gasteiger partial charge in [0, 0.05) is 32.2 Å². The van der Waals surface area contributed by atoms with E-state index < -0.39 is 0 Å². The van der Waals surface area contributed by atoms with E-state index >= 15 is 0 Å². The van der Waals surface area contributed by atoms with E-state index in [1.807, 2.05) is 25.1 Å². The number of carbonyl (C=O) groups is 1. The molecule has 1 aromatic carbocycles. The lowest BCUT2D eigenvalue weighted by Crippen LogP contribution is -2.37. The van der Waals surface area contributed by atoms with Gasteiger partial charge in [0.1, 0.15) is 17.5 Å². The maximum atomic E-state index is 12.0. The number of para-hydroxylation sites is 2. The molecule has 1 saturated heterocycles. The van der Waals surface area contributed by atoms with Gasteiger partial charge in [-0.2, -0.15) is 0 Å². The van der Waals surface area contributed by atoms with Gasteiger partial charge in [0.15, 0.2) is 18.1 Å². The fourth-order valence-corrected chi connectivity index (χ4v) is 2.92. The van der Waals surface area contributed by atoms with Crippen LogP contribution in [-0.2, 0) is 9.53 Å². The summed E-state index contributed by atoms with van der Waals surface area (Å²) in [4.78, 5) is 23.1. The summed E-state index contributed by atoms with van der Waals surface area (Å²) in [6.45, 7) is 5.82.